The number of methoxy groups -OCH3 is 1. The molecule has 0 spiro atoms. The van der Waals surface area contributed by atoms with Crippen LogP contribution in [0.25, 0.3) is 0 Å². The predicted molar refractivity (Wildman–Crippen MR) is 68.6 cm³/mol. The maximum Gasteiger partial charge on any atom is 0.275 e. The lowest BCUT2D eigenvalue weighted by molar-refractivity contribution is 0.102. The number of anilines is 2. The highest BCUT2D eigenvalue weighted by molar-refractivity contribution is 6.03. The molecule has 18 heavy (non-hydrogen) atoms. The molecule has 1 amide bonds. The lowest BCUT2D eigenvalue weighted by Gasteiger charge is -2.07. The maximum absolute atomic E-state index is 11.8. The lowest BCUT2D eigenvalue weighted by Crippen LogP contribution is -2.12. The predicted octanol–water partition coefficient (Wildman–Crippen LogP) is 1.26. The van der Waals surface area contributed by atoms with Crippen molar-refractivity contribution in [1.82, 2.24) is 9.55 Å². The summed E-state index contributed by atoms with van der Waals surface area (Å²) in [4.78, 5) is 15.8. The van der Waals surface area contributed by atoms with Crippen molar-refractivity contribution in [3.8, 4) is 5.75 Å². The zero-order valence-electron chi connectivity index (χ0n) is 10.2. The largest absolute Gasteiger partial charge is 0.495 e. The summed E-state index contributed by atoms with van der Waals surface area (Å²) in [7, 11) is 3.34. The van der Waals surface area contributed by atoms with Crippen molar-refractivity contribution in [3.05, 3.63) is 36.4 Å². The van der Waals surface area contributed by atoms with Crippen molar-refractivity contribution in [3.63, 3.8) is 0 Å². The summed E-state index contributed by atoms with van der Waals surface area (Å²) in [6, 6.07) is 5.05. The van der Waals surface area contributed by atoms with Gasteiger partial charge in [0.2, 0.25) is 0 Å². The van der Waals surface area contributed by atoms with E-state index in [0.29, 0.717) is 22.8 Å². The van der Waals surface area contributed by atoms with E-state index in [-0.39, 0.29) is 5.91 Å². The molecule has 0 atom stereocenters. The van der Waals surface area contributed by atoms with Gasteiger partial charge in [0.25, 0.3) is 5.91 Å². The second kappa shape index (κ2) is 4.79. The van der Waals surface area contributed by atoms with Gasteiger partial charge in [0, 0.05) is 18.9 Å². The number of carbonyl (C=O) groups excluding carboxylic acids is 1. The SMILES string of the molecule is COc1ccc(NC(=O)c2cn(C)cn2)cc1N. The maximum atomic E-state index is 11.8. The van der Waals surface area contributed by atoms with E-state index in [4.69, 9.17) is 10.5 Å². The zero-order valence-corrected chi connectivity index (χ0v) is 10.2. The van der Waals surface area contributed by atoms with Crippen LogP contribution < -0.4 is 15.8 Å². The molecule has 6 heteroatoms. The Morgan fingerprint density at radius 3 is 2.83 bits per heavy atom. The van der Waals surface area contributed by atoms with Crippen LogP contribution in [0.4, 0.5) is 11.4 Å². The van der Waals surface area contributed by atoms with Crippen LogP contribution >= 0.6 is 0 Å². The Morgan fingerprint density at radius 1 is 1.50 bits per heavy atom. The van der Waals surface area contributed by atoms with Crippen LogP contribution in [0.1, 0.15) is 10.5 Å². The number of nitrogens with zero attached hydrogens (tertiary/aromatic N) is 2. The number of benzene rings is 1. The van der Waals surface area contributed by atoms with E-state index >= 15 is 0 Å². The molecule has 0 saturated carbocycles. The van der Waals surface area contributed by atoms with Gasteiger partial charge in [-0.3, -0.25) is 4.79 Å². The normalized spacial score (nSPS) is 10.1. The second-order valence-corrected chi connectivity index (χ2v) is 3.84. The molecule has 0 radical (unpaired) electrons. The number of aromatic nitrogens is 2. The smallest absolute Gasteiger partial charge is 0.275 e. The van der Waals surface area contributed by atoms with Gasteiger partial charge in [0.15, 0.2) is 0 Å². The zero-order chi connectivity index (χ0) is 13.1. The third-order valence-electron chi connectivity index (χ3n) is 2.43. The average Bonchev–Trinajstić information content (AvgIpc) is 2.76. The molecule has 3 N–H and O–H groups in total. The van der Waals surface area contributed by atoms with Crippen LogP contribution in [0.15, 0.2) is 30.7 Å². The van der Waals surface area contributed by atoms with Gasteiger partial charge in [0.1, 0.15) is 11.4 Å². The van der Waals surface area contributed by atoms with Crippen molar-refractivity contribution in [2.75, 3.05) is 18.2 Å². The molecule has 1 aromatic carbocycles. The molecular weight excluding hydrogens is 232 g/mol. The first-order valence-electron chi connectivity index (χ1n) is 5.33. The van der Waals surface area contributed by atoms with Crippen LogP contribution in [-0.2, 0) is 7.05 Å². The van der Waals surface area contributed by atoms with E-state index in [1.54, 1.807) is 42.3 Å². The molecule has 6 nitrogen and oxygen atoms in total. The van der Waals surface area contributed by atoms with Crippen LogP contribution in [0.3, 0.4) is 0 Å². The summed E-state index contributed by atoms with van der Waals surface area (Å²) in [5, 5.41) is 2.71. The molecule has 2 aromatic rings. The number of imidazole rings is 1. The fraction of sp³-hybridized carbons (Fsp3) is 0.167. The van der Waals surface area contributed by atoms with E-state index in [9.17, 15) is 4.79 Å². The molecule has 1 heterocycles. The lowest BCUT2D eigenvalue weighted by atomic mass is 10.2. The fourth-order valence-electron chi connectivity index (χ4n) is 1.54. The molecule has 0 aliphatic heterocycles. The summed E-state index contributed by atoms with van der Waals surface area (Å²) >= 11 is 0. The molecule has 0 aliphatic carbocycles. The number of ether oxygens (including phenoxy) is 1. The summed E-state index contributed by atoms with van der Waals surface area (Å²) < 4.78 is 6.75. The molecule has 0 aliphatic rings. The van der Waals surface area contributed by atoms with Gasteiger partial charge >= 0.3 is 0 Å². The number of nitrogen functional groups attached to an aromatic ring is 1. The fourth-order valence-corrected chi connectivity index (χ4v) is 1.54. The molecule has 0 fully saturated rings. The number of carbonyl (C=O) groups is 1. The van der Waals surface area contributed by atoms with E-state index in [0.717, 1.165) is 0 Å². The highest BCUT2D eigenvalue weighted by Gasteiger charge is 2.09. The minimum atomic E-state index is -0.278. The first-order chi connectivity index (χ1) is 8.60. The van der Waals surface area contributed by atoms with E-state index in [1.165, 1.54) is 7.11 Å². The summed E-state index contributed by atoms with van der Waals surface area (Å²) in [6.45, 7) is 0. The molecule has 0 unspecified atom stereocenters. The van der Waals surface area contributed by atoms with Crippen molar-refractivity contribution >= 4 is 17.3 Å². The number of nitrogens with two attached hydrogens (primary N) is 1. The quantitative estimate of drug-likeness (QED) is 0.799. The Kier molecular flexibility index (Phi) is 3.18. The minimum absolute atomic E-state index is 0.278. The van der Waals surface area contributed by atoms with Gasteiger partial charge in [0.05, 0.1) is 19.1 Å². The molecular formula is C12H14N4O2. The Hall–Kier alpha value is -2.50. The van der Waals surface area contributed by atoms with Gasteiger partial charge in [-0.2, -0.15) is 0 Å². The van der Waals surface area contributed by atoms with Crippen molar-refractivity contribution < 1.29 is 9.53 Å². The van der Waals surface area contributed by atoms with Crippen LogP contribution in [0.2, 0.25) is 0 Å². The third kappa shape index (κ3) is 2.42. The van der Waals surface area contributed by atoms with E-state index < -0.39 is 0 Å². The van der Waals surface area contributed by atoms with E-state index in [1.807, 2.05) is 0 Å². The first-order valence-corrected chi connectivity index (χ1v) is 5.33. The average molecular weight is 246 g/mol. The monoisotopic (exact) mass is 246 g/mol. The standard InChI is InChI=1S/C12H14N4O2/c1-16-6-10(14-7-16)12(17)15-8-3-4-11(18-2)9(13)5-8/h3-7H,13H2,1-2H3,(H,15,17). The Labute approximate surface area is 104 Å². The molecule has 0 bridgehead atoms. The molecule has 94 valence electrons. The number of rotatable bonds is 3. The van der Waals surface area contributed by atoms with Crippen LogP contribution in [-0.4, -0.2) is 22.6 Å². The van der Waals surface area contributed by atoms with Gasteiger partial charge in [-0.1, -0.05) is 0 Å². The molecule has 1 aromatic heterocycles. The Balaban J connectivity index is 2.14. The Morgan fingerprint density at radius 2 is 2.28 bits per heavy atom. The van der Waals surface area contributed by atoms with Crippen LogP contribution in [0, 0.1) is 0 Å². The van der Waals surface area contributed by atoms with Gasteiger partial charge in [-0.05, 0) is 18.2 Å². The first kappa shape index (κ1) is 12.0. The topological polar surface area (TPSA) is 82.2 Å². The van der Waals surface area contributed by atoms with Gasteiger partial charge in [-0.25, -0.2) is 4.98 Å². The van der Waals surface area contributed by atoms with E-state index in [2.05, 4.69) is 10.3 Å². The van der Waals surface area contributed by atoms with Gasteiger partial charge < -0.3 is 20.4 Å². The van der Waals surface area contributed by atoms with Crippen molar-refractivity contribution in [2.45, 2.75) is 0 Å². The molecule has 2 rings (SSSR count). The number of hydrogen-bond acceptors (Lipinski definition) is 4. The van der Waals surface area contributed by atoms with Crippen molar-refractivity contribution in [2.24, 2.45) is 7.05 Å². The third-order valence-corrected chi connectivity index (χ3v) is 2.43. The Bertz CT molecular complexity index is 577. The van der Waals surface area contributed by atoms with Crippen LogP contribution in [0.5, 0.6) is 5.75 Å². The highest BCUT2D eigenvalue weighted by atomic mass is 16.5. The molecule has 0 saturated heterocycles. The minimum Gasteiger partial charge on any atom is -0.495 e. The number of nitrogens with one attached hydrogen (secondary N) is 1. The number of hydrogen-bond donors (Lipinski definition) is 2. The van der Waals surface area contributed by atoms with Crippen molar-refractivity contribution in [1.29, 1.82) is 0 Å². The van der Waals surface area contributed by atoms with Gasteiger partial charge in [-0.15, -0.1) is 0 Å². The number of aryl methyl sites for hydroxylation is 1. The number of amides is 1. The summed E-state index contributed by atoms with van der Waals surface area (Å²) in [6.07, 6.45) is 3.21. The second-order valence-electron chi connectivity index (χ2n) is 3.84. The summed E-state index contributed by atoms with van der Waals surface area (Å²) in [5.74, 6) is 0.297. The summed E-state index contributed by atoms with van der Waals surface area (Å²) in [5.41, 5.74) is 7.18. The highest BCUT2D eigenvalue weighted by Crippen LogP contribution is 2.24.